The standard InChI is InChI=1S/C15H19F3N4O2/c1-2-24-14(23)12-5-6-13(20-19-12)21-7-10-3-4-11(8-21)22(10)9-15(16,17)18/h5-6,10-11H,2-4,7-9H2,1H3. The lowest BCUT2D eigenvalue weighted by molar-refractivity contribution is -0.153. The minimum Gasteiger partial charge on any atom is -0.461 e. The summed E-state index contributed by atoms with van der Waals surface area (Å²) in [4.78, 5) is 15.1. The van der Waals surface area contributed by atoms with Gasteiger partial charge in [0, 0.05) is 25.2 Å². The summed E-state index contributed by atoms with van der Waals surface area (Å²) in [5.74, 6) is 0.0400. The van der Waals surface area contributed by atoms with E-state index in [1.807, 2.05) is 4.90 Å². The molecule has 9 heteroatoms. The van der Waals surface area contributed by atoms with Crippen molar-refractivity contribution in [3.8, 4) is 0 Å². The maximum absolute atomic E-state index is 12.7. The monoisotopic (exact) mass is 344 g/mol. The van der Waals surface area contributed by atoms with E-state index in [2.05, 4.69) is 10.2 Å². The Bertz CT molecular complexity index is 579. The van der Waals surface area contributed by atoms with E-state index < -0.39 is 18.7 Å². The number of hydrogen-bond donors (Lipinski definition) is 0. The maximum Gasteiger partial charge on any atom is 0.401 e. The van der Waals surface area contributed by atoms with Gasteiger partial charge < -0.3 is 9.64 Å². The van der Waals surface area contributed by atoms with E-state index in [1.54, 1.807) is 17.9 Å². The lowest BCUT2D eigenvalue weighted by Gasteiger charge is -2.41. The largest absolute Gasteiger partial charge is 0.461 e. The van der Waals surface area contributed by atoms with Gasteiger partial charge in [0.25, 0.3) is 0 Å². The van der Waals surface area contributed by atoms with Crippen LogP contribution in [-0.2, 0) is 4.74 Å². The van der Waals surface area contributed by atoms with Crippen LogP contribution >= 0.6 is 0 Å². The molecule has 0 aliphatic carbocycles. The molecule has 1 aromatic heterocycles. The number of piperazine rings is 1. The third-order valence-electron chi connectivity index (χ3n) is 4.45. The zero-order valence-electron chi connectivity index (χ0n) is 13.3. The molecule has 3 heterocycles. The van der Waals surface area contributed by atoms with Gasteiger partial charge in [-0.1, -0.05) is 0 Å². The summed E-state index contributed by atoms with van der Waals surface area (Å²) in [7, 11) is 0. The highest BCUT2D eigenvalue weighted by atomic mass is 19.4. The second-order valence-electron chi connectivity index (χ2n) is 6.07. The normalized spacial score (nSPS) is 24.2. The van der Waals surface area contributed by atoms with Crippen LogP contribution in [0.1, 0.15) is 30.3 Å². The lowest BCUT2D eigenvalue weighted by Crippen LogP contribution is -2.56. The molecule has 1 aromatic rings. The number of halogens is 3. The summed E-state index contributed by atoms with van der Waals surface area (Å²) < 4.78 is 42.9. The van der Waals surface area contributed by atoms with Crippen molar-refractivity contribution in [2.24, 2.45) is 0 Å². The molecule has 2 fully saturated rings. The summed E-state index contributed by atoms with van der Waals surface area (Å²) in [6.07, 6.45) is -2.67. The SMILES string of the molecule is CCOC(=O)c1ccc(N2CC3CCC(C2)N3CC(F)(F)F)nn1. The minimum absolute atomic E-state index is 0.124. The first-order valence-electron chi connectivity index (χ1n) is 7.95. The van der Waals surface area contributed by atoms with E-state index in [4.69, 9.17) is 4.74 Å². The molecule has 0 radical (unpaired) electrons. The molecule has 0 spiro atoms. The molecule has 2 aliphatic rings. The molecule has 0 amide bonds. The van der Waals surface area contributed by atoms with Gasteiger partial charge in [0.05, 0.1) is 13.2 Å². The molecule has 2 atom stereocenters. The van der Waals surface area contributed by atoms with E-state index >= 15 is 0 Å². The van der Waals surface area contributed by atoms with Gasteiger partial charge in [-0.05, 0) is 31.9 Å². The van der Waals surface area contributed by atoms with Crippen molar-refractivity contribution in [1.82, 2.24) is 15.1 Å². The number of nitrogens with zero attached hydrogens (tertiary/aromatic N) is 4. The first-order chi connectivity index (χ1) is 11.4. The molecule has 3 rings (SSSR count). The smallest absolute Gasteiger partial charge is 0.401 e. The van der Waals surface area contributed by atoms with Gasteiger partial charge in [0.2, 0.25) is 0 Å². The summed E-state index contributed by atoms with van der Waals surface area (Å²) >= 11 is 0. The van der Waals surface area contributed by atoms with Crippen molar-refractivity contribution in [2.75, 3.05) is 31.1 Å². The van der Waals surface area contributed by atoms with Crippen LogP contribution in [0.5, 0.6) is 0 Å². The topological polar surface area (TPSA) is 58.6 Å². The highest BCUT2D eigenvalue weighted by Gasteiger charge is 2.45. The van der Waals surface area contributed by atoms with Crippen LogP contribution in [0.15, 0.2) is 12.1 Å². The molecule has 0 aromatic carbocycles. The second-order valence-corrected chi connectivity index (χ2v) is 6.07. The van der Waals surface area contributed by atoms with Crippen LogP contribution in [0.2, 0.25) is 0 Å². The van der Waals surface area contributed by atoms with E-state index in [-0.39, 0.29) is 24.4 Å². The molecule has 2 bridgehead atoms. The number of carbonyl (C=O) groups is 1. The highest BCUT2D eigenvalue weighted by molar-refractivity contribution is 5.87. The van der Waals surface area contributed by atoms with Crippen molar-refractivity contribution < 1.29 is 22.7 Å². The molecule has 0 N–H and O–H groups in total. The summed E-state index contributed by atoms with van der Waals surface area (Å²) in [5, 5.41) is 7.90. The fourth-order valence-electron chi connectivity index (χ4n) is 3.45. The Morgan fingerprint density at radius 3 is 2.42 bits per heavy atom. The van der Waals surface area contributed by atoms with Gasteiger partial charge in [-0.15, -0.1) is 10.2 Å². The Labute approximate surface area is 137 Å². The van der Waals surface area contributed by atoms with Crippen molar-refractivity contribution in [3.63, 3.8) is 0 Å². The average Bonchev–Trinajstić information content (AvgIpc) is 2.75. The van der Waals surface area contributed by atoms with E-state index in [0.29, 0.717) is 18.9 Å². The maximum atomic E-state index is 12.7. The number of esters is 1. The van der Waals surface area contributed by atoms with E-state index in [1.165, 1.54) is 6.07 Å². The van der Waals surface area contributed by atoms with Gasteiger partial charge >= 0.3 is 12.1 Å². The van der Waals surface area contributed by atoms with Crippen molar-refractivity contribution in [2.45, 2.75) is 38.0 Å². The molecule has 6 nitrogen and oxygen atoms in total. The van der Waals surface area contributed by atoms with Gasteiger partial charge in [-0.2, -0.15) is 13.2 Å². The van der Waals surface area contributed by atoms with Crippen LogP contribution in [0.25, 0.3) is 0 Å². The molecule has 2 unspecified atom stereocenters. The number of rotatable bonds is 4. The lowest BCUT2D eigenvalue weighted by atomic mass is 10.2. The highest BCUT2D eigenvalue weighted by Crippen LogP contribution is 2.34. The summed E-state index contributed by atoms with van der Waals surface area (Å²) in [6, 6.07) is 2.94. The Balaban J connectivity index is 1.67. The number of anilines is 1. The Morgan fingerprint density at radius 2 is 1.92 bits per heavy atom. The number of hydrogen-bond acceptors (Lipinski definition) is 6. The van der Waals surface area contributed by atoms with E-state index in [0.717, 1.165) is 12.8 Å². The molecule has 24 heavy (non-hydrogen) atoms. The molecular formula is C15H19F3N4O2. The quantitative estimate of drug-likeness (QED) is 0.777. The Kier molecular flexibility index (Phi) is 4.62. The minimum atomic E-state index is -4.18. The predicted octanol–water partition coefficient (Wildman–Crippen LogP) is 1.87. The molecular weight excluding hydrogens is 325 g/mol. The fraction of sp³-hybridized carbons (Fsp3) is 0.667. The van der Waals surface area contributed by atoms with E-state index in [9.17, 15) is 18.0 Å². The van der Waals surface area contributed by atoms with Crippen molar-refractivity contribution in [1.29, 1.82) is 0 Å². The van der Waals surface area contributed by atoms with Crippen LogP contribution in [-0.4, -0.2) is 65.6 Å². The zero-order valence-corrected chi connectivity index (χ0v) is 13.3. The number of ether oxygens (including phenoxy) is 1. The summed E-state index contributed by atoms with van der Waals surface area (Å²) in [5.41, 5.74) is 0.124. The molecule has 2 saturated heterocycles. The zero-order chi connectivity index (χ0) is 17.3. The number of aromatic nitrogens is 2. The Morgan fingerprint density at radius 1 is 1.25 bits per heavy atom. The number of fused-ring (bicyclic) bond motifs is 2. The van der Waals surface area contributed by atoms with Gasteiger partial charge in [0.1, 0.15) is 0 Å². The number of alkyl halides is 3. The number of carbonyl (C=O) groups excluding carboxylic acids is 1. The summed E-state index contributed by atoms with van der Waals surface area (Å²) in [6.45, 7) is 2.08. The first-order valence-corrected chi connectivity index (χ1v) is 7.95. The van der Waals surface area contributed by atoms with Gasteiger partial charge in [-0.25, -0.2) is 4.79 Å². The van der Waals surface area contributed by atoms with Crippen molar-refractivity contribution >= 4 is 11.8 Å². The third kappa shape index (κ3) is 3.61. The average molecular weight is 344 g/mol. The predicted molar refractivity (Wildman–Crippen MR) is 79.8 cm³/mol. The molecule has 2 aliphatic heterocycles. The molecule has 0 saturated carbocycles. The Hall–Kier alpha value is -1.90. The van der Waals surface area contributed by atoms with Crippen LogP contribution in [0, 0.1) is 0 Å². The van der Waals surface area contributed by atoms with Crippen LogP contribution in [0.4, 0.5) is 19.0 Å². The van der Waals surface area contributed by atoms with Crippen LogP contribution < -0.4 is 4.90 Å². The van der Waals surface area contributed by atoms with Gasteiger partial charge in [0.15, 0.2) is 11.5 Å². The molecule has 132 valence electrons. The first kappa shape index (κ1) is 16.9. The second kappa shape index (κ2) is 6.54. The van der Waals surface area contributed by atoms with Gasteiger partial charge in [-0.3, -0.25) is 4.90 Å². The van der Waals surface area contributed by atoms with Crippen LogP contribution in [0.3, 0.4) is 0 Å². The fourth-order valence-corrected chi connectivity index (χ4v) is 3.45. The third-order valence-corrected chi connectivity index (χ3v) is 4.45. The van der Waals surface area contributed by atoms with Crippen molar-refractivity contribution in [3.05, 3.63) is 17.8 Å².